The number of pyridine rings is 1. The first-order valence-corrected chi connectivity index (χ1v) is 8.14. The van der Waals surface area contributed by atoms with E-state index in [9.17, 15) is 9.90 Å². The number of ether oxygens (including phenoxy) is 2. The number of nitrogens with zero attached hydrogens (tertiary/aromatic N) is 1. The number of fused-ring (bicyclic) bond motifs is 1. The molecule has 0 aliphatic carbocycles. The number of carbonyl (C=O) groups excluding carboxylic acids is 1. The van der Waals surface area contributed by atoms with Crippen LogP contribution in [0.5, 0.6) is 11.6 Å². The summed E-state index contributed by atoms with van der Waals surface area (Å²) in [7, 11) is 1.48. The molecule has 0 radical (unpaired) electrons. The van der Waals surface area contributed by atoms with E-state index < -0.39 is 11.7 Å². The molecule has 3 rings (SSSR count). The highest BCUT2D eigenvalue weighted by Crippen LogP contribution is 2.43. The fraction of sp³-hybridized carbons (Fsp3) is 0.368. The van der Waals surface area contributed by atoms with Crippen molar-refractivity contribution >= 4 is 11.6 Å². The number of nitrogens with one attached hydrogen (secondary N) is 1. The van der Waals surface area contributed by atoms with Gasteiger partial charge in [-0.05, 0) is 39.0 Å². The molecule has 25 heavy (non-hydrogen) atoms. The van der Waals surface area contributed by atoms with Gasteiger partial charge in [0.15, 0.2) is 0 Å². The molecule has 1 atom stereocenters. The van der Waals surface area contributed by atoms with E-state index in [1.165, 1.54) is 7.11 Å². The number of methoxy groups -OCH3 is 1. The van der Waals surface area contributed by atoms with Crippen LogP contribution in [-0.4, -0.2) is 28.7 Å². The lowest BCUT2D eigenvalue weighted by Gasteiger charge is -2.36. The minimum atomic E-state index is -0.633. The van der Waals surface area contributed by atoms with Crippen LogP contribution in [0.4, 0.5) is 5.69 Å². The Bertz CT molecular complexity index is 817. The van der Waals surface area contributed by atoms with Gasteiger partial charge < -0.3 is 19.9 Å². The lowest BCUT2D eigenvalue weighted by atomic mass is 9.91. The predicted molar refractivity (Wildman–Crippen MR) is 94.2 cm³/mol. The number of aliphatic hydroxyl groups excluding tert-OH is 1. The van der Waals surface area contributed by atoms with Crippen molar-refractivity contribution in [3.05, 3.63) is 47.2 Å². The van der Waals surface area contributed by atoms with Crippen molar-refractivity contribution < 1.29 is 19.4 Å². The zero-order chi connectivity index (χ0) is 18.2. The van der Waals surface area contributed by atoms with Gasteiger partial charge in [-0.25, -0.2) is 4.98 Å². The maximum atomic E-state index is 12.7. The number of rotatable bonds is 3. The van der Waals surface area contributed by atoms with E-state index in [-0.39, 0.29) is 11.8 Å². The maximum Gasteiger partial charge on any atom is 0.261 e. The summed E-state index contributed by atoms with van der Waals surface area (Å²) in [6.07, 6.45) is -0.140. The first-order valence-electron chi connectivity index (χ1n) is 8.14. The van der Waals surface area contributed by atoms with E-state index in [0.29, 0.717) is 29.0 Å². The van der Waals surface area contributed by atoms with Crippen LogP contribution >= 0.6 is 0 Å². The van der Waals surface area contributed by atoms with Crippen molar-refractivity contribution in [2.75, 3.05) is 12.4 Å². The lowest BCUT2D eigenvalue weighted by Crippen LogP contribution is -2.35. The molecule has 0 spiro atoms. The van der Waals surface area contributed by atoms with Gasteiger partial charge in [0.2, 0.25) is 5.88 Å². The molecular weight excluding hydrogens is 320 g/mol. The molecule has 1 aromatic carbocycles. The third-order valence-corrected chi connectivity index (χ3v) is 4.15. The van der Waals surface area contributed by atoms with Crippen molar-refractivity contribution in [2.45, 2.75) is 38.9 Å². The number of aromatic nitrogens is 1. The summed E-state index contributed by atoms with van der Waals surface area (Å²) in [5.41, 5.74) is 1.76. The van der Waals surface area contributed by atoms with Crippen molar-refractivity contribution in [3.8, 4) is 11.6 Å². The van der Waals surface area contributed by atoms with Crippen LogP contribution in [0.2, 0.25) is 0 Å². The van der Waals surface area contributed by atoms with Gasteiger partial charge >= 0.3 is 0 Å². The van der Waals surface area contributed by atoms with Gasteiger partial charge in [-0.15, -0.1) is 0 Å². The SMILES string of the molecule is COc1nc(C)ccc1C(=O)Nc1cccc2c1OC(C)(C)CC2O. The molecule has 132 valence electrons. The number of amides is 1. The molecule has 1 aliphatic heterocycles. The van der Waals surface area contributed by atoms with Crippen molar-refractivity contribution in [3.63, 3.8) is 0 Å². The normalized spacial score (nSPS) is 18.0. The summed E-state index contributed by atoms with van der Waals surface area (Å²) in [5, 5.41) is 13.2. The Balaban J connectivity index is 1.95. The summed E-state index contributed by atoms with van der Waals surface area (Å²) in [5.74, 6) is 0.418. The smallest absolute Gasteiger partial charge is 0.261 e. The average molecular weight is 342 g/mol. The minimum absolute atomic E-state index is 0.267. The van der Waals surface area contributed by atoms with E-state index in [4.69, 9.17) is 9.47 Å². The van der Waals surface area contributed by atoms with E-state index in [1.54, 1.807) is 30.3 Å². The van der Waals surface area contributed by atoms with Crippen molar-refractivity contribution in [2.24, 2.45) is 0 Å². The monoisotopic (exact) mass is 342 g/mol. The van der Waals surface area contributed by atoms with Gasteiger partial charge in [0.25, 0.3) is 5.91 Å². The molecule has 1 aromatic heterocycles. The third kappa shape index (κ3) is 3.44. The minimum Gasteiger partial charge on any atom is -0.485 e. The van der Waals surface area contributed by atoms with Gasteiger partial charge in [0, 0.05) is 17.7 Å². The van der Waals surface area contributed by atoms with Crippen LogP contribution in [-0.2, 0) is 0 Å². The third-order valence-electron chi connectivity index (χ3n) is 4.15. The Labute approximate surface area is 146 Å². The number of benzene rings is 1. The summed E-state index contributed by atoms with van der Waals surface area (Å²) >= 11 is 0. The molecule has 0 bridgehead atoms. The number of carbonyl (C=O) groups is 1. The molecule has 0 fully saturated rings. The molecule has 1 unspecified atom stereocenters. The Hall–Kier alpha value is -2.60. The van der Waals surface area contributed by atoms with E-state index in [2.05, 4.69) is 10.3 Å². The van der Waals surface area contributed by atoms with Crippen LogP contribution in [0.15, 0.2) is 30.3 Å². The topological polar surface area (TPSA) is 80.7 Å². The molecular formula is C19H22N2O4. The molecule has 2 aromatic rings. The molecule has 6 nitrogen and oxygen atoms in total. The molecule has 0 saturated heterocycles. The predicted octanol–water partition coefficient (Wildman–Crippen LogP) is 3.25. The van der Waals surface area contributed by atoms with E-state index in [0.717, 1.165) is 5.69 Å². The second-order valence-corrected chi connectivity index (χ2v) is 6.77. The first kappa shape index (κ1) is 17.2. The highest BCUT2D eigenvalue weighted by Gasteiger charge is 2.34. The Morgan fingerprint density at radius 3 is 2.84 bits per heavy atom. The van der Waals surface area contributed by atoms with E-state index in [1.807, 2.05) is 20.8 Å². The Kier molecular flexibility index (Phi) is 4.39. The van der Waals surface area contributed by atoms with Crippen molar-refractivity contribution in [1.82, 2.24) is 4.98 Å². The van der Waals surface area contributed by atoms with Gasteiger partial charge in [-0.2, -0.15) is 0 Å². The second-order valence-electron chi connectivity index (χ2n) is 6.77. The van der Waals surface area contributed by atoms with Crippen LogP contribution in [0.25, 0.3) is 0 Å². The molecule has 6 heteroatoms. The average Bonchev–Trinajstić information content (AvgIpc) is 2.54. The van der Waals surface area contributed by atoms with Crippen LogP contribution < -0.4 is 14.8 Å². The fourth-order valence-corrected chi connectivity index (χ4v) is 2.97. The highest BCUT2D eigenvalue weighted by molar-refractivity contribution is 6.06. The van der Waals surface area contributed by atoms with Gasteiger partial charge in [-0.1, -0.05) is 12.1 Å². The van der Waals surface area contributed by atoms with Crippen molar-refractivity contribution in [1.29, 1.82) is 0 Å². The molecule has 0 saturated carbocycles. The summed E-state index contributed by atoms with van der Waals surface area (Å²) in [4.78, 5) is 16.9. The molecule has 2 heterocycles. The van der Waals surface area contributed by atoms with Gasteiger partial charge in [0.05, 0.1) is 18.9 Å². The standard InChI is InChI=1S/C19H22N2O4/c1-11-8-9-13(18(20-11)24-4)17(23)21-14-7-5-6-12-15(22)10-19(2,3)25-16(12)14/h5-9,15,22H,10H2,1-4H3,(H,21,23). The first-order chi connectivity index (χ1) is 11.8. The maximum absolute atomic E-state index is 12.7. The lowest BCUT2D eigenvalue weighted by molar-refractivity contribution is 0.0121. The summed E-state index contributed by atoms with van der Waals surface area (Å²) in [6.45, 7) is 5.64. The molecule has 2 N–H and O–H groups in total. The quantitative estimate of drug-likeness (QED) is 0.895. The van der Waals surface area contributed by atoms with Gasteiger partial charge in [-0.3, -0.25) is 4.79 Å². The number of hydrogen-bond donors (Lipinski definition) is 2. The number of hydrogen-bond acceptors (Lipinski definition) is 5. The summed E-state index contributed by atoms with van der Waals surface area (Å²) < 4.78 is 11.2. The number of aryl methyl sites for hydroxylation is 1. The Morgan fingerprint density at radius 1 is 1.36 bits per heavy atom. The number of para-hydroxylation sites is 1. The molecule has 1 amide bonds. The zero-order valence-electron chi connectivity index (χ0n) is 14.8. The van der Waals surface area contributed by atoms with Crippen LogP contribution in [0.1, 0.15) is 48.0 Å². The zero-order valence-corrected chi connectivity index (χ0v) is 14.8. The van der Waals surface area contributed by atoms with E-state index >= 15 is 0 Å². The number of aliphatic hydroxyl groups is 1. The fourth-order valence-electron chi connectivity index (χ4n) is 2.97. The highest BCUT2D eigenvalue weighted by atomic mass is 16.5. The second kappa shape index (κ2) is 6.37. The summed E-state index contributed by atoms with van der Waals surface area (Å²) in [6, 6.07) is 8.76. The van der Waals surface area contributed by atoms with Gasteiger partial charge in [0.1, 0.15) is 16.9 Å². The largest absolute Gasteiger partial charge is 0.485 e. The van der Waals surface area contributed by atoms with Crippen LogP contribution in [0.3, 0.4) is 0 Å². The Morgan fingerprint density at radius 2 is 2.12 bits per heavy atom. The van der Waals surface area contributed by atoms with Crippen LogP contribution in [0, 0.1) is 6.92 Å². The molecule has 1 aliphatic rings. The number of anilines is 1.